The van der Waals surface area contributed by atoms with Crippen molar-refractivity contribution in [2.45, 2.75) is 12.8 Å². The van der Waals surface area contributed by atoms with Gasteiger partial charge in [0.1, 0.15) is 6.42 Å². The Morgan fingerprint density at radius 1 is 1.42 bits per heavy atom. The van der Waals surface area contributed by atoms with E-state index in [1.807, 2.05) is 29.8 Å². The predicted molar refractivity (Wildman–Crippen MR) is 69.7 cm³/mol. The summed E-state index contributed by atoms with van der Waals surface area (Å²) in [6.45, 7) is 0.421. The molecule has 1 aromatic carbocycles. The van der Waals surface area contributed by atoms with E-state index in [0.29, 0.717) is 13.0 Å². The number of fused-ring (bicyclic) bond motifs is 1. The predicted octanol–water partition coefficient (Wildman–Crippen LogP) is 0.707. The second-order valence-corrected chi connectivity index (χ2v) is 4.35. The molecule has 0 saturated heterocycles. The number of hydrogen-bond donors (Lipinski definition) is 2. The summed E-state index contributed by atoms with van der Waals surface area (Å²) in [7, 11) is 1.93. The van der Waals surface area contributed by atoms with Crippen LogP contribution in [0.2, 0.25) is 0 Å². The summed E-state index contributed by atoms with van der Waals surface area (Å²) < 4.78 is 1.94. The lowest BCUT2D eigenvalue weighted by Crippen LogP contribution is -2.27. The van der Waals surface area contributed by atoms with E-state index in [1.54, 1.807) is 6.33 Å². The topological polar surface area (TPSA) is 84.2 Å². The maximum Gasteiger partial charge on any atom is 0.312 e. The van der Waals surface area contributed by atoms with Crippen molar-refractivity contribution >= 4 is 22.9 Å². The van der Waals surface area contributed by atoms with Crippen molar-refractivity contribution in [2.24, 2.45) is 7.05 Å². The lowest BCUT2D eigenvalue weighted by Gasteiger charge is -2.04. The van der Waals surface area contributed by atoms with Gasteiger partial charge in [-0.05, 0) is 24.1 Å². The van der Waals surface area contributed by atoms with E-state index >= 15 is 0 Å². The highest BCUT2D eigenvalue weighted by Crippen LogP contribution is 2.13. The summed E-state index contributed by atoms with van der Waals surface area (Å²) in [6.07, 6.45) is 1.92. The Balaban J connectivity index is 1.91. The van der Waals surface area contributed by atoms with Crippen LogP contribution in [0.1, 0.15) is 12.0 Å². The minimum absolute atomic E-state index is 0.421. The zero-order chi connectivity index (χ0) is 13.8. The van der Waals surface area contributed by atoms with E-state index in [0.717, 1.165) is 16.6 Å². The van der Waals surface area contributed by atoms with Gasteiger partial charge in [0.25, 0.3) is 0 Å². The number of benzene rings is 1. The highest BCUT2D eigenvalue weighted by atomic mass is 16.4. The number of amides is 1. The summed E-state index contributed by atoms with van der Waals surface area (Å²) in [6, 6.07) is 5.93. The molecule has 0 aliphatic heterocycles. The number of rotatable bonds is 5. The maximum absolute atomic E-state index is 11.2. The van der Waals surface area contributed by atoms with Gasteiger partial charge in [0.15, 0.2) is 0 Å². The van der Waals surface area contributed by atoms with Crippen molar-refractivity contribution in [3.8, 4) is 0 Å². The zero-order valence-corrected chi connectivity index (χ0v) is 10.6. The van der Waals surface area contributed by atoms with Crippen LogP contribution in [0.15, 0.2) is 24.5 Å². The second-order valence-electron chi connectivity index (χ2n) is 4.35. The molecule has 0 radical (unpaired) electrons. The molecule has 1 heterocycles. The fourth-order valence-corrected chi connectivity index (χ4v) is 1.88. The molecular weight excluding hydrogens is 246 g/mol. The average molecular weight is 261 g/mol. The van der Waals surface area contributed by atoms with E-state index < -0.39 is 18.3 Å². The molecule has 0 unspecified atom stereocenters. The Morgan fingerprint density at radius 2 is 2.21 bits per heavy atom. The molecule has 6 nitrogen and oxygen atoms in total. The van der Waals surface area contributed by atoms with Crippen LogP contribution >= 0.6 is 0 Å². The van der Waals surface area contributed by atoms with Gasteiger partial charge < -0.3 is 15.0 Å². The van der Waals surface area contributed by atoms with Gasteiger partial charge in [-0.2, -0.15) is 0 Å². The number of aryl methyl sites for hydroxylation is 1. The van der Waals surface area contributed by atoms with Gasteiger partial charge in [-0.15, -0.1) is 0 Å². The van der Waals surface area contributed by atoms with E-state index in [-0.39, 0.29) is 0 Å². The molecule has 0 spiro atoms. The number of nitrogens with one attached hydrogen (secondary N) is 1. The summed E-state index contributed by atoms with van der Waals surface area (Å²) >= 11 is 0. The maximum atomic E-state index is 11.2. The normalized spacial score (nSPS) is 10.6. The van der Waals surface area contributed by atoms with Gasteiger partial charge in [0.05, 0.1) is 17.4 Å². The van der Waals surface area contributed by atoms with Crippen LogP contribution in [0, 0.1) is 0 Å². The molecule has 2 N–H and O–H groups in total. The number of carboxylic acid groups (broad SMARTS) is 1. The minimum Gasteiger partial charge on any atom is -0.481 e. The molecule has 0 fully saturated rings. The van der Waals surface area contributed by atoms with Crippen molar-refractivity contribution in [1.29, 1.82) is 0 Å². The van der Waals surface area contributed by atoms with Gasteiger partial charge in [0, 0.05) is 13.6 Å². The third-order valence-corrected chi connectivity index (χ3v) is 2.84. The first kappa shape index (κ1) is 13.1. The number of nitrogens with zero attached hydrogens (tertiary/aromatic N) is 2. The van der Waals surface area contributed by atoms with E-state index in [1.165, 1.54) is 0 Å². The van der Waals surface area contributed by atoms with Gasteiger partial charge in [0.2, 0.25) is 5.91 Å². The molecule has 0 bridgehead atoms. The molecule has 1 amide bonds. The van der Waals surface area contributed by atoms with Crippen molar-refractivity contribution < 1.29 is 14.7 Å². The number of carbonyl (C=O) groups excluding carboxylic acids is 1. The van der Waals surface area contributed by atoms with Crippen LogP contribution in [-0.2, 0) is 23.1 Å². The monoisotopic (exact) mass is 261 g/mol. The van der Waals surface area contributed by atoms with Crippen molar-refractivity contribution in [2.75, 3.05) is 6.54 Å². The molecule has 100 valence electrons. The number of carboxylic acids is 1. The summed E-state index contributed by atoms with van der Waals surface area (Å²) in [5.74, 6) is -1.58. The van der Waals surface area contributed by atoms with Crippen LogP contribution < -0.4 is 5.32 Å². The Labute approximate surface area is 110 Å². The summed E-state index contributed by atoms with van der Waals surface area (Å²) in [5, 5.41) is 11.0. The van der Waals surface area contributed by atoms with Crippen LogP contribution in [0.3, 0.4) is 0 Å². The lowest BCUT2D eigenvalue weighted by atomic mass is 10.1. The Hall–Kier alpha value is -2.37. The van der Waals surface area contributed by atoms with Crippen LogP contribution in [0.25, 0.3) is 11.0 Å². The number of hydrogen-bond acceptors (Lipinski definition) is 3. The highest BCUT2D eigenvalue weighted by Gasteiger charge is 2.06. The molecule has 2 rings (SSSR count). The molecule has 6 heteroatoms. The zero-order valence-electron chi connectivity index (χ0n) is 10.6. The largest absolute Gasteiger partial charge is 0.481 e. The standard InChI is InChI=1S/C13H15N3O3/c1-16-8-15-10-6-9(2-3-11(10)16)4-5-14-12(17)7-13(18)19/h2-3,6,8H,4-5,7H2,1H3,(H,14,17)(H,18,19). The van der Waals surface area contributed by atoms with Gasteiger partial charge in [-0.25, -0.2) is 4.98 Å². The van der Waals surface area contributed by atoms with E-state index in [4.69, 9.17) is 5.11 Å². The van der Waals surface area contributed by atoms with Crippen molar-refractivity contribution in [3.05, 3.63) is 30.1 Å². The molecule has 1 aromatic heterocycles. The SMILES string of the molecule is Cn1cnc2cc(CCNC(=O)CC(=O)O)ccc21. The first-order valence-electron chi connectivity index (χ1n) is 5.94. The van der Waals surface area contributed by atoms with Crippen LogP contribution in [-0.4, -0.2) is 33.1 Å². The van der Waals surface area contributed by atoms with Gasteiger partial charge >= 0.3 is 5.97 Å². The average Bonchev–Trinajstić information content (AvgIpc) is 2.70. The first-order chi connectivity index (χ1) is 9.06. The summed E-state index contributed by atoms with van der Waals surface area (Å²) in [5.41, 5.74) is 3.03. The Kier molecular flexibility index (Phi) is 3.79. The quantitative estimate of drug-likeness (QED) is 0.776. The third-order valence-electron chi connectivity index (χ3n) is 2.84. The Bertz CT molecular complexity index is 619. The first-order valence-corrected chi connectivity index (χ1v) is 5.94. The van der Waals surface area contributed by atoms with Gasteiger partial charge in [-0.1, -0.05) is 6.07 Å². The van der Waals surface area contributed by atoms with Crippen molar-refractivity contribution in [3.63, 3.8) is 0 Å². The number of imidazole rings is 1. The second kappa shape index (κ2) is 5.51. The number of carbonyl (C=O) groups is 2. The molecule has 0 saturated carbocycles. The minimum atomic E-state index is -1.12. The molecule has 0 atom stereocenters. The Morgan fingerprint density at radius 3 is 2.95 bits per heavy atom. The third kappa shape index (κ3) is 3.31. The van der Waals surface area contributed by atoms with E-state index in [9.17, 15) is 9.59 Å². The van der Waals surface area contributed by atoms with E-state index in [2.05, 4.69) is 10.3 Å². The molecule has 0 aliphatic rings. The van der Waals surface area contributed by atoms with Crippen LogP contribution in [0.4, 0.5) is 0 Å². The number of aliphatic carboxylic acids is 1. The smallest absolute Gasteiger partial charge is 0.312 e. The molecule has 0 aliphatic carbocycles. The highest BCUT2D eigenvalue weighted by molar-refractivity contribution is 5.93. The lowest BCUT2D eigenvalue weighted by molar-refractivity contribution is -0.140. The fourth-order valence-electron chi connectivity index (χ4n) is 1.88. The molecule has 19 heavy (non-hydrogen) atoms. The molecule has 2 aromatic rings. The fraction of sp³-hybridized carbons (Fsp3) is 0.308. The summed E-state index contributed by atoms with van der Waals surface area (Å²) in [4.78, 5) is 25.7. The number of aromatic nitrogens is 2. The molecular formula is C13H15N3O3. The van der Waals surface area contributed by atoms with Crippen molar-refractivity contribution in [1.82, 2.24) is 14.9 Å². The van der Waals surface area contributed by atoms with Gasteiger partial charge in [-0.3, -0.25) is 9.59 Å². The van der Waals surface area contributed by atoms with Crippen LogP contribution in [0.5, 0.6) is 0 Å².